The summed E-state index contributed by atoms with van der Waals surface area (Å²) in [4.78, 5) is 27.1. The lowest BCUT2D eigenvalue weighted by atomic mass is 9.94. The largest absolute Gasteiger partial charge is 0.355 e. The molecule has 0 unspecified atom stereocenters. The number of ketones is 2. The molecule has 0 amide bonds. The molecule has 6 heteroatoms. The van der Waals surface area contributed by atoms with E-state index in [-0.39, 0.29) is 23.2 Å². The van der Waals surface area contributed by atoms with Crippen molar-refractivity contribution in [3.05, 3.63) is 106 Å². The van der Waals surface area contributed by atoms with Gasteiger partial charge < -0.3 is 9.55 Å². The van der Waals surface area contributed by atoms with Gasteiger partial charge in [0.2, 0.25) is 0 Å². The summed E-state index contributed by atoms with van der Waals surface area (Å²) >= 11 is 0. The number of hydrogen-bond donors (Lipinski definition) is 1. The number of carbonyl (C=O) groups is 2. The van der Waals surface area contributed by atoms with Crippen molar-refractivity contribution in [3.8, 4) is 0 Å². The van der Waals surface area contributed by atoms with Crippen LogP contribution in [-0.4, -0.2) is 21.1 Å². The van der Waals surface area contributed by atoms with E-state index < -0.39 is 0 Å². The van der Waals surface area contributed by atoms with E-state index in [0.29, 0.717) is 36.0 Å². The highest BCUT2D eigenvalue weighted by atomic mass is 19.1. The number of H-pyrrole nitrogens is 1. The molecule has 37 heavy (non-hydrogen) atoms. The molecule has 3 aromatic carbocycles. The summed E-state index contributed by atoms with van der Waals surface area (Å²) in [7, 11) is 0. The number of hydrogen-bond acceptors (Lipinski definition) is 2. The molecule has 0 atom stereocenters. The molecule has 1 N–H and O–H groups in total. The fourth-order valence-electron chi connectivity index (χ4n) is 5.76. The third-order valence-electron chi connectivity index (χ3n) is 7.39. The van der Waals surface area contributed by atoms with Gasteiger partial charge >= 0.3 is 0 Å². The summed E-state index contributed by atoms with van der Waals surface area (Å²) in [5.74, 6) is -0.262. The minimum absolute atomic E-state index is 0.133. The van der Waals surface area contributed by atoms with Gasteiger partial charge in [-0.1, -0.05) is 54.6 Å². The Morgan fingerprint density at radius 3 is 2.16 bits per heavy atom. The normalized spacial score (nSPS) is 14.9. The van der Waals surface area contributed by atoms with Crippen LogP contribution in [0, 0.1) is 11.6 Å². The van der Waals surface area contributed by atoms with Crippen molar-refractivity contribution < 1.29 is 18.4 Å². The molecule has 0 spiro atoms. The Labute approximate surface area is 212 Å². The van der Waals surface area contributed by atoms with Crippen LogP contribution in [0.2, 0.25) is 0 Å². The van der Waals surface area contributed by atoms with E-state index in [4.69, 9.17) is 0 Å². The Morgan fingerprint density at radius 1 is 0.703 bits per heavy atom. The molecule has 7 rings (SSSR count). The third-order valence-corrected chi connectivity index (χ3v) is 7.39. The fourth-order valence-corrected chi connectivity index (χ4v) is 5.76. The van der Waals surface area contributed by atoms with Gasteiger partial charge in [-0.15, -0.1) is 0 Å². The van der Waals surface area contributed by atoms with Gasteiger partial charge in [-0.2, -0.15) is 0 Å². The highest BCUT2D eigenvalue weighted by Gasteiger charge is 2.27. The lowest BCUT2D eigenvalue weighted by molar-refractivity contribution is 0.0965. The summed E-state index contributed by atoms with van der Waals surface area (Å²) in [5.41, 5.74) is 5.46. The van der Waals surface area contributed by atoms with Gasteiger partial charge in [0.05, 0.1) is 11.0 Å². The first kappa shape index (κ1) is 23.3. The number of halogens is 2. The van der Waals surface area contributed by atoms with E-state index in [9.17, 15) is 18.4 Å². The summed E-state index contributed by atoms with van der Waals surface area (Å²) < 4.78 is 29.9. The van der Waals surface area contributed by atoms with Crippen molar-refractivity contribution in [2.75, 3.05) is 0 Å². The molecule has 4 nitrogen and oxygen atoms in total. The molecule has 186 valence electrons. The molecule has 2 heterocycles. The monoisotopic (exact) mass is 496 g/mol. The maximum absolute atomic E-state index is 14.4. The Morgan fingerprint density at radius 2 is 1.38 bits per heavy atom. The number of nitrogens with zero attached hydrogens (tertiary/aromatic N) is 1. The Kier molecular flexibility index (Phi) is 5.95. The van der Waals surface area contributed by atoms with Crippen molar-refractivity contribution in [2.24, 2.45) is 0 Å². The number of aromatic nitrogens is 2. The number of aryl methyl sites for hydroxylation is 1. The number of benzene rings is 3. The van der Waals surface area contributed by atoms with Gasteiger partial charge in [-0.3, -0.25) is 9.59 Å². The van der Waals surface area contributed by atoms with Crippen LogP contribution >= 0.6 is 0 Å². The van der Waals surface area contributed by atoms with E-state index in [2.05, 4.69) is 4.98 Å². The van der Waals surface area contributed by atoms with E-state index in [1.165, 1.54) is 12.1 Å². The lowest BCUT2D eigenvalue weighted by Gasteiger charge is -2.15. The second kappa shape index (κ2) is 9.43. The molecule has 2 aliphatic carbocycles. The van der Waals surface area contributed by atoms with Crippen LogP contribution in [0.1, 0.15) is 63.4 Å². The second-order valence-corrected chi connectivity index (χ2v) is 9.72. The molecule has 0 fully saturated rings. The summed E-state index contributed by atoms with van der Waals surface area (Å²) in [6.07, 6.45) is 4.53. The molecule has 0 aliphatic heterocycles. The number of aromatic amines is 1. The summed E-state index contributed by atoms with van der Waals surface area (Å²) in [6, 6.07) is 19.9. The van der Waals surface area contributed by atoms with Crippen LogP contribution in [0.15, 0.2) is 66.7 Å². The maximum Gasteiger partial charge on any atom is 0.165 e. The third kappa shape index (κ3) is 4.06. The Balaban J connectivity index is 0.000000146. The minimum Gasteiger partial charge on any atom is -0.355 e. The quantitative estimate of drug-likeness (QED) is 0.282. The standard InChI is InChI=1S/C19H16FNO.C12H10FNO/c20-15-9-4-8-14-18-16(10-5-11-17(18)22)21(19(14)15)12-13-6-2-1-3-7-13;13-8-4-1-3-7-11-9(14-12(7)8)5-2-6-10(11)15/h1-4,6-9H,5,10-12H2;1,3-4,14H,2,5-6H2. The summed E-state index contributed by atoms with van der Waals surface area (Å²) in [5, 5.41) is 1.49. The Hall–Kier alpha value is -4.06. The maximum atomic E-state index is 14.4. The highest BCUT2D eigenvalue weighted by molar-refractivity contribution is 6.11. The van der Waals surface area contributed by atoms with Crippen LogP contribution in [0.5, 0.6) is 0 Å². The topological polar surface area (TPSA) is 54.9 Å². The highest BCUT2D eigenvalue weighted by Crippen LogP contribution is 2.34. The number of Topliss-reactive ketones (excluding diaryl/α,β-unsaturated/α-hetero) is 2. The average molecular weight is 497 g/mol. The molecule has 5 aromatic rings. The molecule has 2 aromatic heterocycles. The molecule has 0 saturated heterocycles. The number of para-hydroxylation sites is 2. The van der Waals surface area contributed by atoms with Gasteiger partial charge in [-0.05, 0) is 43.4 Å². The van der Waals surface area contributed by atoms with Gasteiger partial charge in [0.15, 0.2) is 11.6 Å². The molecule has 0 bridgehead atoms. The first-order chi connectivity index (χ1) is 18.0. The van der Waals surface area contributed by atoms with Crippen molar-refractivity contribution in [3.63, 3.8) is 0 Å². The zero-order chi connectivity index (χ0) is 25.5. The first-order valence-corrected chi connectivity index (χ1v) is 12.7. The fraction of sp³-hybridized carbons (Fsp3) is 0.226. The van der Waals surface area contributed by atoms with Crippen molar-refractivity contribution in [2.45, 2.75) is 45.1 Å². The number of rotatable bonds is 2. The predicted molar refractivity (Wildman–Crippen MR) is 140 cm³/mol. The van der Waals surface area contributed by atoms with Crippen molar-refractivity contribution >= 4 is 33.4 Å². The lowest BCUT2D eigenvalue weighted by Crippen LogP contribution is -2.13. The van der Waals surface area contributed by atoms with Gasteiger partial charge in [0.25, 0.3) is 0 Å². The Bertz CT molecular complexity index is 1660. The molecular formula is C31H26F2N2O2. The predicted octanol–water partition coefficient (Wildman–Crippen LogP) is 7.17. The smallest absolute Gasteiger partial charge is 0.165 e. The first-order valence-electron chi connectivity index (χ1n) is 12.7. The van der Waals surface area contributed by atoms with E-state index in [0.717, 1.165) is 59.0 Å². The number of nitrogens with one attached hydrogen (secondary N) is 1. The molecule has 0 radical (unpaired) electrons. The van der Waals surface area contributed by atoms with Crippen LogP contribution in [-0.2, 0) is 19.4 Å². The zero-order valence-corrected chi connectivity index (χ0v) is 20.3. The van der Waals surface area contributed by atoms with E-state index in [1.54, 1.807) is 18.2 Å². The van der Waals surface area contributed by atoms with Crippen molar-refractivity contribution in [1.82, 2.24) is 9.55 Å². The molecule has 0 saturated carbocycles. The second-order valence-electron chi connectivity index (χ2n) is 9.72. The average Bonchev–Trinajstić information content (AvgIpc) is 3.45. The summed E-state index contributed by atoms with van der Waals surface area (Å²) in [6.45, 7) is 0.598. The SMILES string of the molecule is O=C1CCCc2[nH]c3c(F)cccc3c21.O=C1CCCc2c1c1cccc(F)c1n2Cc1ccccc1. The van der Waals surface area contributed by atoms with Gasteiger partial charge in [-0.25, -0.2) is 8.78 Å². The van der Waals surface area contributed by atoms with Crippen LogP contribution < -0.4 is 0 Å². The van der Waals surface area contributed by atoms with Gasteiger partial charge in [0.1, 0.15) is 11.6 Å². The molecule has 2 aliphatic rings. The number of carbonyl (C=O) groups excluding carboxylic acids is 2. The zero-order valence-electron chi connectivity index (χ0n) is 20.3. The minimum atomic E-state index is -0.283. The van der Waals surface area contributed by atoms with Gasteiger partial charge in [0, 0.05) is 52.7 Å². The van der Waals surface area contributed by atoms with Crippen LogP contribution in [0.3, 0.4) is 0 Å². The van der Waals surface area contributed by atoms with Crippen molar-refractivity contribution in [1.29, 1.82) is 0 Å². The molecular weight excluding hydrogens is 470 g/mol. The number of fused-ring (bicyclic) bond motifs is 6. The van der Waals surface area contributed by atoms with Crippen LogP contribution in [0.25, 0.3) is 21.8 Å². The van der Waals surface area contributed by atoms with E-state index in [1.807, 2.05) is 41.0 Å². The van der Waals surface area contributed by atoms with Crippen LogP contribution in [0.4, 0.5) is 8.78 Å². The van der Waals surface area contributed by atoms with E-state index >= 15 is 0 Å².